The molecule has 0 N–H and O–H groups in total. The largest absolute Gasteiger partial charge is 0.377 e. The molecule has 2 aromatic heterocycles. The Bertz CT molecular complexity index is 1120. The molecule has 4 aromatic rings. The zero-order chi connectivity index (χ0) is 15.9. The third kappa shape index (κ3) is 2.41. The Hall–Kier alpha value is -2.58. The average molecular weight is 343 g/mol. The maximum Gasteiger partial charge on any atom is 0.341 e. The van der Waals surface area contributed by atoms with Gasteiger partial charge in [0.05, 0.1) is 11.7 Å². The number of aromatic nitrogens is 3. The van der Waals surface area contributed by atoms with E-state index in [2.05, 4.69) is 13.7 Å². The lowest BCUT2D eigenvalue weighted by molar-refractivity contribution is 0.489. The minimum Gasteiger partial charge on any atom is -0.377 e. The molecule has 0 unspecified atom stereocenters. The number of rotatable bonds is 3. The molecular weight excluding hydrogens is 334 g/mol. The summed E-state index contributed by atoms with van der Waals surface area (Å²) in [7, 11) is -4.04. The van der Waals surface area contributed by atoms with E-state index in [-0.39, 0.29) is 10.6 Å². The molecule has 0 aliphatic carbocycles. The van der Waals surface area contributed by atoms with Crippen molar-refractivity contribution in [1.29, 1.82) is 0 Å². The van der Waals surface area contributed by atoms with Crippen molar-refractivity contribution in [2.75, 3.05) is 0 Å². The van der Waals surface area contributed by atoms with E-state index in [9.17, 15) is 8.42 Å². The molecule has 0 atom stereocenters. The zero-order valence-electron chi connectivity index (χ0n) is 11.6. The van der Waals surface area contributed by atoms with Crippen LogP contribution < -0.4 is 4.18 Å². The van der Waals surface area contributed by atoms with E-state index in [4.69, 9.17) is 4.18 Å². The molecule has 4 rings (SSSR count). The maximum atomic E-state index is 12.6. The lowest BCUT2D eigenvalue weighted by Gasteiger charge is -2.09. The molecule has 23 heavy (non-hydrogen) atoms. The summed E-state index contributed by atoms with van der Waals surface area (Å²) in [4.78, 5) is 4.19. The van der Waals surface area contributed by atoms with E-state index in [0.717, 1.165) is 17.1 Å². The number of benzene rings is 2. The van der Waals surface area contributed by atoms with Crippen molar-refractivity contribution in [1.82, 2.24) is 13.7 Å². The minimum absolute atomic E-state index is 0.00307. The molecular formula is C15H9N3O3S2. The Labute approximate surface area is 135 Å². The monoisotopic (exact) mass is 343 g/mol. The first kappa shape index (κ1) is 14.0. The molecule has 6 nitrogen and oxygen atoms in total. The molecule has 2 aromatic carbocycles. The van der Waals surface area contributed by atoms with Crippen molar-refractivity contribution in [2.24, 2.45) is 0 Å². The van der Waals surface area contributed by atoms with Crippen LogP contribution >= 0.6 is 11.7 Å². The van der Waals surface area contributed by atoms with Gasteiger partial charge in [-0.3, -0.25) is 4.98 Å². The van der Waals surface area contributed by atoms with Gasteiger partial charge in [0.25, 0.3) is 0 Å². The minimum atomic E-state index is -4.04. The summed E-state index contributed by atoms with van der Waals surface area (Å²) in [5.41, 5.74) is 1.32. The van der Waals surface area contributed by atoms with Crippen LogP contribution in [0.15, 0.2) is 59.6 Å². The molecule has 8 heteroatoms. The van der Waals surface area contributed by atoms with Crippen LogP contribution in [-0.4, -0.2) is 22.1 Å². The van der Waals surface area contributed by atoms with Gasteiger partial charge in [-0.1, -0.05) is 24.3 Å². The van der Waals surface area contributed by atoms with Crippen molar-refractivity contribution in [3.8, 4) is 5.75 Å². The van der Waals surface area contributed by atoms with Crippen molar-refractivity contribution in [3.63, 3.8) is 0 Å². The Morgan fingerprint density at radius 2 is 1.74 bits per heavy atom. The van der Waals surface area contributed by atoms with E-state index < -0.39 is 10.1 Å². The van der Waals surface area contributed by atoms with E-state index in [1.807, 2.05) is 12.1 Å². The van der Waals surface area contributed by atoms with Crippen LogP contribution in [0.5, 0.6) is 5.75 Å². The number of hydrogen-bond acceptors (Lipinski definition) is 7. The van der Waals surface area contributed by atoms with Gasteiger partial charge in [0.1, 0.15) is 21.4 Å². The molecule has 0 fully saturated rings. The fraction of sp³-hybridized carbons (Fsp3) is 0. The molecule has 114 valence electrons. The summed E-state index contributed by atoms with van der Waals surface area (Å²) in [5, 5.41) is 0.800. The van der Waals surface area contributed by atoms with Crippen molar-refractivity contribution in [2.45, 2.75) is 4.90 Å². The predicted molar refractivity (Wildman–Crippen MR) is 87.0 cm³/mol. The molecule has 2 heterocycles. The smallest absolute Gasteiger partial charge is 0.341 e. The molecule has 0 radical (unpaired) electrons. The first-order valence-corrected chi connectivity index (χ1v) is 8.78. The van der Waals surface area contributed by atoms with Gasteiger partial charge >= 0.3 is 10.1 Å². The number of nitrogens with zero attached hydrogens (tertiary/aromatic N) is 3. The summed E-state index contributed by atoms with van der Waals surface area (Å²) < 4.78 is 38.7. The summed E-state index contributed by atoms with van der Waals surface area (Å²) in [6.45, 7) is 0. The highest BCUT2D eigenvalue weighted by Crippen LogP contribution is 2.28. The van der Waals surface area contributed by atoms with Crippen molar-refractivity contribution in [3.05, 3.63) is 54.7 Å². The summed E-state index contributed by atoms with van der Waals surface area (Å²) in [6, 6.07) is 13.5. The lowest BCUT2D eigenvalue weighted by Crippen LogP contribution is -2.10. The Morgan fingerprint density at radius 3 is 2.65 bits per heavy atom. The van der Waals surface area contributed by atoms with Crippen LogP contribution in [0.3, 0.4) is 0 Å². The fourth-order valence-electron chi connectivity index (χ4n) is 2.29. The zero-order valence-corrected chi connectivity index (χ0v) is 13.2. The number of fused-ring (bicyclic) bond motifs is 2. The predicted octanol–water partition coefficient (Wildman–Crippen LogP) is 3.01. The molecule has 0 aliphatic rings. The van der Waals surface area contributed by atoms with Gasteiger partial charge in [0.15, 0.2) is 5.75 Å². The highest BCUT2D eigenvalue weighted by Gasteiger charge is 2.22. The summed E-state index contributed by atoms with van der Waals surface area (Å²) in [6.07, 6.45) is 1.59. The lowest BCUT2D eigenvalue weighted by atomic mass is 10.2. The van der Waals surface area contributed by atoms with Gasteiger partial charge in [-0.05, 0) is 24.3 Å². The van der Waals surface area contributed by atoms with Crippen LogP contribution in [0.4, 0.5) is 0 Å². The van der Waals surface area contributed by atoms with Gasteiger partial charge in [-0.15, -0.1) is 0 Å². The first-order valence-electron chi connectivity index (χ1n) is 6.65. The van der Waals surface area contributed by atoms with Gasteiger partial charge < -0.3 is 4.18 Å². The van der Waals surface area contributed by atoms with E-state index in [0.29, 0.717) is 16.6 Å². The van der Waals surface area contributed by atoms with Crippen LogP contribution in [0.2, 0.25) is 0 Å². The Balaban J connectivity index is 1.85. The number of para-hydroxylation sites is 1. The topological polar surface area (TPSA) is 82.0 Å². The second-order valence-corrected chi connectivity index (χ2v) is 6.80. The third-order valence-corrected chi connectivity index (χ3v) is 5.12. The second-order valence-electron chi connectivity index (χ2n) is 4.76. The molecule has 0 aliphatic heterocycles. The highest BCUT2D eigenvalue weighted by atomic mass is 32.2. The van der Waals surface area contributed by atoms with Crippen LogP contribution in [0, 0.1) is 0 Å². The van der Waals surface area contributed by atoms with Crippen molar-refractivity contribution < 1.29 is 12.6 Å². The fourth-order valence-corrected chi connectivity index (χ4v) is 3.99. The van der Waals surface area contributed by atoms with Gasteiger partial charge in [-0.25, -0.2) is 0 Å². The van der Waals surface area contributed by atoms with Crippen LogP contribution in [0.25, 0.3) is 21.9 Å². The third-order valence-electron chi connectivity index (χ3n) is 3.31. The number of pyridine rings is 1. The van der Waals surface area contributed by atoms with E-state index in [1.165, 1.54) is 6.07 Å². The SMILES string of the molecule is O=S(=O)(Oc1cccc2cccnc12)c1cccc2nsnc12. The highest BCUT2D eigenvalue weighted by molar-refractivity contribution is 7.87. The van der Waals surface area contributed by atoms with Crippen LogP contribution in [0.1, 0.15) is 0 Å². The second kappa shape index (κ2) is 5.25. The Morgan fingerprint density at radius 1 is 0.913 bits per heavy atom. The quantitative estimate of drug-likeness (QED) is 0.532. The van der Waals surface area contributed by atoms with E-state index in [1.54, 1.807) is 36.5 Å². The van der Waals surface area contributed by atoms with Gasteiger partial charge in [0, 0.05) is 11.6 Å². The molecule has 0 saturated heterocycles. The maximum absolute atomic E-state index is 12.6. The summed E-state index contributed by atoms with van der Waals surface area (Å²) >= 11 is 0.960. The molecule has 0 spiro atoms. The number of hydrogen-bond donors (Lipinski definition) is 0. The molecule has 0 amide bonds. The van der Waals surface area contributed by atoms with Crippen LogP contribution in [-0.2, 0) is 10.1 Å². The van der Waals surface area contributed by atoms with Gasteiger partial charge in [-0.2, -0.15) is 17.2 Å². The standard InChI is InChI=1S/C15H9N3O3S2/c19-23(20,13-8-2-6-11-15(13)18-22-17-11)21-12-7-1-4-10-5-3-9-16-14(10)12/h1-9H. The first-order chi connectivity index (χ1) is 11.1. The Kier molecular flexibility index (Phi) is 3.21. The molecule has 0 saturated carbocycles. The summed E-state index contributed by atoms with van der Waals surface area (Å²) in [5.74, 6) is 0.184. The molecule has 0 bridgehead atoms. The van der Waals surface area contributed by atoms with E-state index >= 15 is 0 Å². The average Bonchev–Trinajstić information content (AvgIpc) is 3.03. The normalized spacial score (nSPS) is 11.8. The van der Waals surface area contributed by atoms with Crippen molar-refractivity contribution >= 4 is 43.8 Å². The van der Waals surface area contributed by atoms with Gasteiger partial charge in [0.2, 0.25) is 0 Å².